The minimum atomic E-state index is -0.727. The summed E-state index contributed by atoms with van der Waals surface area (Å²) in [6.07, 6.45) is 0.823. The molecule has 0 saturated carbocycles. The van der Waals surface area contributed by atoms with Gasteiger partial charge in [-0.15, -0.1) is 0 Å². The first-order valence-electron chi connectivity index (χ1n) is 9.29. The van der Waals surface area contributed by atoms with E-state index in [-0.39, 0.29) is 0 Å². The molecule has 0 saturated heterocycles. The summed E-state index contributed by atoms with van der Waals surface area (Å²) in [5, 5.41) is 5.35. The molecule has 2 aromatic carbocycles. The van der Waals surface area contributed by atoms with Gasteiger partial charge in [0.25, 0.3) is 0 Å². The molecule has 0 fully saturated rings. The molecule has 0 aliphatic rings. The maximum absolute atomic E-state index is 12.4. The first kappa shape index (κ1) is 20.5. The Morgan fingerprint density at radius 1 is 0.815 bits per heavy atom. The third-order valence-corrected chi connectivity index (χ3v) is 3.81. The quantitative estimate of drug-likeness (QED) is 0.707. The number of carbonyl (C=O) groups is 2. The number of nitrogens with one attached hydrogen (secondary N) is 2. The van der Waals surface area contributed by atoms with E-state index in [1.54, 1.807) is 18.2 Å². The van der Waals surface area contributed by atoms with Gasteiger partial charge in [-0.3, -0.25) is 9.59 Å². The molecule has 0 aliphatic heterocycles. The molecule has 27 heavy (non-hydrogen) atoms. The molecule has 0 atom stereocenters. The second kappa shape index (κ2) is 9.76. The molecule has 2 amide bonds. The van der Waals surface area contributed by atoms with E-state index in [1.807, 2.05) is 44.2 Å². The number of rotatable bonds is 7. The second-order valence-electron chi connectivity index (χ2n) is 7.36. The van der Waals surface area contributed by atoms with E-state index in [0.717, 1.165) is 12.0 Å². The van der Waals surface area contributed by atoms with Gasteiger partial charge in [0, 0.05) is 5.69 Å². The first-order chi connectivity index (χ1) is 12.9. The maximum atomic E-state index is 12.4. The van der Waals surface area contributed by atoms with Crippen molar-refractivity contribution in [2.24, 2.45) is 11.8 Å². The van der Waals surface area contributed by atoms with E-state index < -0.39 is 11.8 Å². The van der Waals surface area contributed by atoms with E-state index in [9.17, 15) is 9.59 Å². The van der Waals surface area contributed by atoms with Crippen LogP contribution in [0.4, 0.5) is 11.4 Å². The van der Waals surface area contributed by atoms with Crippen molar-refractivity contribution in [1.82, 2.24) is 0 Å². The van der Waals surface area contributed by atoms with Crippen LogP contribution >= 0.6 is 0 Å². The van der Waals surface area contributed by atoms with E-state index in [2.05, 4.69) is 24.5 Å². The lowest BCUT2D eigenvalue weighted by molar-refractivity contribution is -0.133. The third kappa shape index (κ3) is 6.44. The van der Waals surface area contributed by atoms with Crippen molar-refractivity contribution in [1.29, 1.82) is 0 Å². The van der Waals surface area contributed by atoms with Gasteiger partial charge in [-0.25, -0.2) is 0 Å². The number of anilines is 2. The Kier molecular flexibility index (Phi) is 7.41. The molecule has 5 nitrogen and oxygen atoms in total. The zero-order valence-electron chi connectivity index (χ0n) is 16.4. The van der Waals surface area contributed by atoms with Crippen molar-refractivity contribution in [3.63, 3.8) is 0 Å². The van der Waals surface area contributed by atoms with Crippen LogP contribution in [0, 0.1) is 11.8 Å². The van der Waals surface area contributed by atoms with Crippen molar-refractivity contribution in [2.75, 3.05) is 17.2 Å². The Labute approximate surface area is 161 Å². The molecular formula is C22H28N2O3. The largest absolute Gasteiger partial charge is 0.491 e. The number of benzene rings is 2. The van der Waals surface area contributed by atoms with Crippen LogP contribution in [0.1, 0.15) is 33.3 Å². The Morgan fingerprint density at radius 3 is 2.00 bits per heavy atom. The number of para-hydroxylation sites is 3. The fourth-order valence-electron chi connectivity index (χ4n) is 2.57. The zero-order chi connectivity index (χ0) is 19.8. The van der Waals surface area contributed by atoms with Crippen LogP contribution in [0.15, 0.2) is 48.5 Å². The van der Waals surface area contributed by atoms with E-state index in [4.69, 9.17) is 4.74 Å². The zero-order valence-corrected chi connectivity index (χ0v) is 16.4. The lowest BCUT2D eigenvalue weighted by Crippen LogP contribution is -2.29. The van der Waals surface area contributed by atoms with Crippen molar-refractivity contribution in [3.05, 3.63) is 54.1 Å². The van der Waals surface area contributed by atoms with Crippen LogP contribution < -0.4 is 15.4 Å². The maximum Gasteiger partial charge on any atom is 0.314 e. The van der Waals surface area contributed by atoms with Gasteiger partial charge >= 0.3 is 11.8 Å². The fraction of sp³-hybridized carbons (Fsp3) is 0.364. The number of hydrogen-bond acceptors (Lipinski definition) is 3. The molecule has 0 radical (unpaired) electrons. The van der Waals surface area contributed by atoms with Crippen molar-refractivity contribution in [2.45, 2.75) is 34.1 Å². The van der Waals surface area contributed by atoms with Gasteiger partial charge in [-0.2, -0.15) is 0 Å². The second-order valence-corrected chi connectivity index (χ2v) is 7.36. The minimum absolute atomic E-state index is 0.356. The van der Waals surface area contributed by atoms with Gasteiger partial charge < -0.3 is 15.4 Å². The average Bonchev–Trinajstić information content (AvgIpc) is 2.62. The summed E-state index contributed by atoms with van der Waals surface area (Å²) in [7, 11) is 0. The normalized spacial score (nSPS) is 10.7. The lowest BCUT2D eigenvalue weighted by Gasteiger charge is -2.15. The summed E-state index contributed by atoms with van der Waals surface area (Å²) < 4.78 is 5.71. The predicted molar refractivity (Wildman–Crippen MR) is 109 cm³/mol. The number of amides is 2. The van der Waals surface area contributed by atoms with Gasteiger partial charge in [0.15, 0.2) is 0 Å². The van der Waals surface area contributed by atoms with Crippen LogP contribution in [0.5, 0.6) is 5.75 Å². The molecule has 2 aromatic rings. The number of carbonyl (C=O) groups excluding carboxylic acids is 2. The molecule has 5 heteroatoms. The molecule has 0 spiro atoms. The Balaban J connectivity index is 2.06. The molecule has 2 rings (SSSR count). The fourth-order valence-corrected chi connectivity index (χ4v) is 2.57. The van der Waals surface area contributed by atoms with Gasteiger partial charge in [-0.1, -0.05) is 58.0 Å². The first-order valence-corrected chi connectivity index (χ1v) is 9.29. The minimum Gasteiger partial charge on any atom is -0.491 e. The van der Waals surface area contributed by atoms with Crippen LogP contribution in [-0.4, -0.2) is 18.4 Å². The third-order valence-electron chi connectivity index (χ3n) is 3.81. The molecule has 0 unspecified atom stereocenters. The summed E-state index contributed by atoms with van der Waals surface area (Å²) in [4.78, 5) is 24.7. The Bertz CT molecular complexity index is 785. The van der Waals surface area contributed by atoms with E-state index in [1.165, 1.54) is 0 Å². The smallest absolute Gasteiger partial charge is 0.314 e. The lowest BCUT2D eigenvalue weighted by atomic mass is 10.0. The monoisotopic (exact) mass is 368 g/mol. The van der Waals surface area contributed by atoms with Gasteiger partial charge in [0.1, 0.15) is 5.75 Å². The Hall–Kier alpha value is -2.82. The Morgan fingerprint density at radius 2 is 1.37 bits per heavy atom. The highest BCUT2D eigenvalue weighted by Crippen LogP contribution is 2.24. The summed E-state index contributed by atoms with van der Waals surface area (Å²) in [5.74, 6) is -0.0799. The molecule has 0 aliphatic carbocycles. The predicted octanol–water partition coefficient (Wildman–Crippen LogP) is 4.50. The van der Waals surface area contributed by atoms with Crippen LogP contribution in [0.25, 0.3) is 0 Å². The summed E-state index contributed by atoms with van der Waals surface area (Å²) in [6, 6.07) is 14.6. The molecule has 0 heterocycles. The summed E-state index contributed by atoms with van der Waals surface area (Å²) in [5.41, 5.74) is 2.15. The highest BCUT2D eigenvalue weighted by molar-refractivity contribution is 6.43. The van der Waals surface area contributed by atoms with Crippen LogP contribution in [-0.2, 0) is 16.0 Å². The van der Waals surface area contributed by atoms with Crippen LogP contribution in [0.3, 0.4) is 0 Å². The van der Waals surface area contributed by atoms with Crippen LogP contribution in [0.2, 0.25) is 0 Å². The standard InChI is InChI=1S/C22H28N2O3/c1-15(2)13-17-9-5-6-10-18(17)23-21(25)22(26)24-19-11-7-8-12-20(19)27-14-16(3)4/h5-12,15-16H,13-14H2,1-4H3,(H,23,25)(H,24,26). The van der Waals surface area contributed by atoms with E-state index >= 15 is 0 Å². The molecule has 0 aromatic heterocycles. The summed E-state index contributed by atoms with van der Waals surface area (Å²) in [6.45, 7) is 8.84. The van der Waals surface area contributed by atoms with E-state index in [0.29, 0.717) is 35.6 Å². The SMILES string of the molecule is CC(C)COc1ccccc1NC(=O)C(=O)Nc1ccccc1CC(C)C. The molecular weight excluding hydrogens is 340 g/mol. The highest BCUT2D eigenvalue weighted by atomic mass is 16.5. The number of ether oxygens (including phenoxy) is 1. The van der Waals surface area contributed by atoms with Gasteiger partial charge in [-0.05, 0) is 42.0 Å². The summed E-state index contributed by atoms with van der Waals surface area (Å²) >= 11 is 0. The molecule has 0 bridgehead atoms. The van der Waals surface area contributed by atoms with Crippen molar-refractivity contribution >= 4 is 23.2 Å². The topological polar surface area (TPSA) is 67.4 Å². The average molecular weight is 368 g/mol. The van der Waals surface area contributed by atoms with Crippen molar-refractivity contribution < 1.29 is 14.3 Å². The van der Waals surface area contributed by atoms with Crippen molar-refractivity contribution in [3.8, 4) is 5.75 Å². The van der Waals surface area contributed by atoms with Gasteiger partial charge in [0.05, 0.1) is 12.3 Å². The number of hydrogen-bond donors (Lipinski definition) is 2. The molecule has 2 N–H and O–H groups in total. The van der Waals surface area contributed by atoms with Gasteiger partial charge in [0.2, 0.25) is 0 Å². The highest BCUT2D eigenvalue weighted by Gasteiger charge is 2.17. The molecule has 144 valence electrons.